The second-order valence-electron chi connectivity index (χ2n) is 6.61. The number of benzene rings is 1. The molecule has 0 saturated carbocycles. The summed E-state index contributed by atoms with van der Waals surface area (Å²) in [4.78, 5) is 19.3. The van der Waals surface area contributed by atoms with Crippen LogP contribution >= 0.6 is 0 Å². The molecule has 1 amide bonds. The average Bonchev–Trinajstić information content (AvgIpc) is 3.02. The van der Waals surface area contributed by atoms with Crippen LogP contribution in [0.1, 0.15) is 23.4 Å². The molecule has 1 saturated heterocycles. The van der Waals surface area contributed by atoms with E-state index >= 15 is 0 Å². The van der Waals surface area contributed by atoms with Gasteiger partial charge in [-0.2, -0.15) is 0 Å². The molecule has 3 aromatic rings. The van der Waals surface area contributed by atoms with E-state index in [-0.39, 0.29) is 11.9 Å². The van der Waals surface area contributed by atoms with Crippen LogP contribution in [0.15, 0.2) is 54.7 Å². The van der Waals surface area contributed by atoms with Crippen molar-refractivity contribution in [1.29, 1.82) is 0 Å². The SMILES string of the molecule is Cc1cccc2nc(CNC(=O)C3CCN3Cc3ccccc3)cn12. The van der Waals surface area contributed by atoms with Gasteiger partial charge in [0.15, 0.2) is 0 Å². The van der Waals surface area contributed by atoms with Crippen LogP contribution in [0.25, 0.3) is 5.65 Å². The van der Waals surface area contributed by atoms with Crippen LogP contribution in [0.4, 0.5) is 0 Å². The summed E-state index contributed by atoms with van der Waals surface area (Å²) in [5, 5.41) is 3.04. The third-order valence-corrected chi connectivity index (χ3v) is 4.85. The number of hydrogen-bond acceptors (Lipinski definition) is 3. The molecule has 0 bridgehead atoms. The van der Waals surface area contributed by atoms with Crippen LogP contribution in [-0.4, -0.2) is 32.8 Å². The predicted octanol–water partition coefficient (Wildman–Crippen LogP) is 2.53. The third kappa shape index (κ3) is 3.28. The van der Waals surface area contributed by atoms with Crippen LogP contribution in [-0.2, 0) is 17.9 Å². The average molecular weight is 334 g/mol. The van der Waals surface area contributed by atoms with Crippen molar-refractivity contribution in [2.45, 2.75) is 32.5 Å². The maximum Gasteiger partial charge on any atom is 0.237 e. The zero-order chi connectivity index (χ0) is 17.2. The van der Waals surface area contributed by atoms with E-state index in [1.54, 1.807) is 0 Å². The van der Waals surface area contributed by atoms with E-state index in [0.29, 0.717) is 6.54 Å². The van der Waals surface area contributed by atoms with Gasteiger partial charge in [-0.3, -0.25) is 9.69 Å². The molecule has 0 aliphatic carbocycles. The number of aryl methyl sites for hydroxylation is 1. The molecule has 1 fully saturated rings. The number of carbonyl (C=O) groups is 1. The second kappa shape index (κ2) is 6.69. The summed E-state index contributed by atoms with van der Waals surface area (Å²) in [6.07, 6.45) is 2.91. The van der Waals surface area contributed by atoms with Gasteiger partial charge in [-0.15, -0.1) is 0 Å². The molecular formula is C20H22N4O. The van der Waals surface area contributed by atoms with E-state index in [9.17, 15) is 4.79 Å². The fourth-order valence-electron chi connectivity index (χ4n) is 3.32. The Kier molecular flexibility index (Phi) is 4.24. The van der Waals surface area contributed by atoms with Gasteiger partial charge in [0.1, 0.15) is 5.65 Å². The van der Waals surface area contributed by atoms with Crippen molar-refractivity contribution in [3.63, 3.8) is 0 Å². The van der Waals surface area contributed by atoms with Crippen molar-refractivity contribution in [3.8, 4) is 0 Å². The minimum absolute atomic E-state index is 0.0287. The molecule has 128 valence electrons. The van der Waals surface area contributed by atoms with Crippen molar-refractivity contribution in [2.24, 2.45) is 0 Å². The van der Waals surface area contributed by atoms with Crippen LogP contribution < -0.4 is 5.32 Å². The predicted molar refractivity (Wildman–Crippen MR) is 97.0 cm³/mol. The Bertz CT molecular complexity index is 887. The molecular weight excluding hydrogens is 312 g/mol. The zero-order valence-corrected chi connectivity index (χ0v) is 14.4. The van der Waals surface area contributed by atoms with E-state index < -0.39 is 0 Å². The molecule has 0 radical (unpaired) electrons. The topological polar surface area (TPSA) is 49.6 Å². The van der Waals surface area contributed by atoms with Crippen molar-refractivity contribution in [1.82, 2.24) is 19.6 Å². The van der Waals surface area contributed by atoms with Gasteiger partial charge < -0.3 is 9.72 Å². The van der Waals surface area contributed by atoms with Crippen LogP contribution in [0.5, 0.6) is 0 Å². The second-order valence-corrected chi connectivity index (χ2v) is 6.61. The number of likely N-dealkylation sites (tertiary alicyclic amines) is 1. The number of amides is 1. The van der Waals surface area contributed by atoms with E-state index in [4.69, 9.17) is 0 Å². The summed E-state index contributed by atoms with van der Waals surface area (Å²) in [6.45, 7) is 4.31. The molecule has 4 rings (SSSR count). The van der Waals surface area contributed by atoms with Gasteiger partial charge in [0.2, 0.25) is 5.91 Å². The van der Waals surface area contributed by atoms with Crippen molar-refractivity contribution >= 4 is 11.6 Å². The number of fused-ring (bicyclic) bond motifs is 1. The lowest BCUT2D eigenvalue weighted by molar-refractivity contribution is -0.131. The highest BCUT2D eigenvalue weighted by Crippen LogP contribution is 2.20. The lowest BCUT2D eigenvalue weighted by Gasteiger charge is -2.39. The smallest absolute Gasteiger partial charge is 0.237 e. The molecule has 0 spiro atoms. The van der Waals surface area contributed by atoms with E-state index in [2.05, 4.69) is 27.3 Å². The Balaban J connectivity index is 1.36. The molecule has 25 heavy (non-hydrogen) atoms. The highest BCUT2D eigenvalue weighted by atomic mass is 16.2. The van der Waals surface area contributed by atoms with Crippen LogP contribution in [0.2, 0.25) is 0 Å². The number of rotatable bonds is 5. The molecule has 3 heterocycles. The third-order valence-electron chi connectivity index (χ3n) is 4.85. The first kappa shape index (κ1) is 15.8. The van der Waals surface area contributed by atoms with Gasteiger partial charge in [-0.05, 0) is 31.0 Å². The number of hydrogen-bond donors (Lipinski definition) is 1. The lowest BCUT2D eigenvalue weighted by atomic mass is 10.0. The summed E-state index contributed by atoms with van der Waals surface area (Å²) in [6, 6.07) is 16.3. The Morgan fingerprint density at radius 3 is 2.76 bits per heavy atom. The highest BCUT2D eigenvalue weighted by Gasteiger charge is 2.33. The number of imidazole rings is 1. The van der Waals surface area contributed by atoms with Crippen LogP contribution in [0, 0.1) is 6.92 Å². The van der Waals surface area contributed by atoms with E-state index in [1.807, 2.05) is 53.9 Å². The highest BCUT2D eigenvalue weighted by molar-refractivity contribution is 5.82. The van der Waals surface area contributed by atoms with Gasteiger partial charge in [0.25, 0.3) is 0 Å². The van der Waals surface area contributed by atoms with Gasteiger partial charge in [-0.25, -0.2) is 4.98 Å². The summed E-state index contributed by atoms with van der Waals surface area (Å²) >= 11 is 0. The molecule has 5 heteroatoms. The normalized spacial score (nSPS) is 17.4. The minimum Gasteiger partial charge on any atom is -0.349 e. The van der Waals surface area contributed by atoms with Crippen molar-refractivity contribution in [3.05, 3.63) is 71.7 Å². The maximum absolute atomic E-state index is 12.5. The Labute approximate surface area is 147 Å². The fourth-order valence-corrected chi connectivity index (χ4v) is 3.32. The quantitative estimate of drug-likeness (QED) is 0.780. The Morgan fingerprint density at radius 1 is 1.20 bits per heavy atom. The van der Waals surface area contributed by atoms with Crippen molar-refractivity contribution in [2.75, 3.05) is 6.54 Å². The first-order valence-electron chi connectivity index (χ1n) is 8.70. The molecule has 1 atom stereocenters. The largest absolute Gasteiger partial charge is 0.349 e. The monoisotopic (exact) mass is 334 g/mol. The molecule has 1 N–H and O–H groups in total. The first-order valence-corrected chi connectivity index (χ1v) is 8.70. The number of aromatic nitrogens is 2. The Morgan fingerprint density at radius 2 is 2.04 bits per heavy atom. The molecule has 1 unspecified atom stereocenters. The van der Waals surface area contributed by atoms with Gasteiger partial charge in [0.05, 0.1) is 18.3 Å². The Hall–Kier alpha value is -2.66. The van der Waals surface area contributed by atoms with Gasteiger partial charge in [0, 0.05) is 25.0 Å². The van der Waals surface area contributed by atoms with Crippen molar-refractivity contribution < 1.29 is 4.79 Å². The van der Waals surface area contributed by atoms with E-state index in [0.717, 1.165) is 36.5 Å². The first-order chi connectivity index (χ1) is 12.2. The minimum atomic E-state index is -0.0287. The number of nitrogens with one attached hydrogen (secondary N) is 1. The summed E-state index contributed by atoms with van der Waals surface area (Å²) in [7, 11) is 0. The van der Waals surface area contributed by atoms with Gasteiger partial charge >= 0.3 is 0 Å². The molecule has 1 aliphatic heterocycles. The van der Waals surface area contributed by atoms with Gasteiger partial charge in [-0.1, -0.05) is 36.4 Å². The molecule has 5 nitrogen and oxygen atoms in total. The summed E-state index contributed by atoms with van der Waals surface area (Å²) in [5.74, 6) is 0.0935. The maximum atomic E-state index is 12.5. The number of pyridine rings is 1. The summed E-state index contributed by atoms with van der Waals surface area (Å²) < 4.78 is 2.05. The molecule has 2 aromatic heterocycles. The number of nitrogens with zero attached hydrogens (tertiary/aromatic N) is 3. The van der Waals surface area contributed by atoms with E-state index in [1.165, 1.54) is 5.56 Å². The molecule has 1 aromatic carbocycles. The van der Waals surface area contributed by atoms with Crippen LogP contribution in [0.3, 0.4) is 0 Å². The number of carbonyl (C=O) groups excluding carboxylic acids is 1. The fraction of sp³-hybridized carbons (Fsp3) is 0.300. The summed E-state index contributed by atoms with van der Waals surface area (Å²) in [5.41, 5.74) is 4.18. The lowest BCUT2D eigenvalue weighted by Crippen LogP contribution is -2.55. The molecule has 1 aliphatic rings. The standard InChI is InChI=1S/C20H22N4O/c1-15-6-5-9-19-22-17(14-24(15)19)12-21-20(25)18-10-11-23(18)13-16-7-3-2-4-8-16/h2-9,14,18H,10-13H2,1H3,(H,21,25). The zero-order valence-electron chi connectivity index (χ0n) is 14.4.